The Bertz CT molecular complexity index is 737. The standard InChI is InChI=1S/C19H20N2O3/c1-4-11-24-16-8-6-15(12-17(16)23-3)7-10-19(22)21-18-9-5-14(2)13-20-18/h4-10,12-13H,1,11H2,2-3H3,(H,20,21,22)/b10-7+. The van der Waals surface area contributed by atoms with E-state index in [1.54, 1.807) is 43.7 Å². The molecule has 1 aromatic heterocycles. The molecule has 2 aromatic rings. The van der Waals surface area contributed by atoms with Gasteiger partial charge < -0.3 is 14.8 Å². The lowest BCUT2D eigenvalue weighted by Crippen LogP contribution is -2.08. The monoisotopic (exact) mass is 324 g/mol. The van der Waals surface area contributed by atoms with Gasteiger partial charge in [-0.2, -0.15) is 0 Å². The highest BCUT2D eigenvalue weighted by atomic mass is 16.5. The van der Waals surface area contributed by atoms with Gasteiger partial charge in [-0.1, -0.05) is 24.8 Å². The minimum Gasteiger partial charge on any atom is -0.493 e. The molecule has 5 heteroatoms. The van der Waals surface area contributed by atoms with Gasteiger partial charge in [-0.15, -0.1) is 0 Å². The molecule has 5 nitrogen and oxygen atoms in total. The van der Waals surface area contributed by atoms with Gasteiger partial charge in [0.1, 0.15) is 12.4 Å². The highest BCUT2D eigenvalue weighted by Gasteiger charge is 2.04. The van der Waals surface area contributed by atoms with Crippen LogP contribution in [0.2, 0.25) is 0 Å². The Hall–Kier alpha value is -3.08. The number of benzene rings is 1. The minimum absolute atomic E-state index is 0.252. The lowest BCUT2D eigenvalue weighted by atomic mass is 10.2. The van der Waals surface area contributed by atoms with Crippen molar-refractivity contribution in [2.45, 2.75) is 6.92 Å². The van der Waals surface area contributed by atoms with Crippen LogP contribution in [0.3, 0.4) is 0 Å². The van der Waals surface area contributed by atoms with Gasteiger partial charge in [0.25, 0.3) is 0 Å². The predicted molar refractivity (Wildman–Crippen MR) is 95.3 cm³/mol. The van der Waals surface area contributed by atoms with Crippen molar-refractivity contribution in [1.82, 2.24) is 4.98 Å². The maximum Gasteiger partial charge on any atom is 0.249 e. The number of pyridine rings is 1. The van der Waals surface area contributed by atoms with Crippen LogP contribution in [0, 0.1) is 6.92 Å². The molecule has 1 amide bonds. The second-order valence-corrected chi connectivity index (χ2v) is 5.05. The third-order valence-corrected chi connectivity index (χ3v) is 3.13. The van der Waals surface area contributed by atoms with E-state index in [0.717, 1.165) is 11.1 Å². The molecule has 124 valence electrons. The molecule has 0 unspecified atom stereocenters. The zero-order valence-electron chi connectivity index (χ0n) is 13.8. The van der Waals surface area contributed by atoms with Crippen molar-refractivity contribution in [1.29, 1.82) is 0 Å². The second kappa shape index (κ2) is 8.53. The van der Waals surface area contributed by atoms with Crippen molar-refractivity contribution < 1.29 is 14.3 Å². The highest BCUT2D eigenvalue weighted by Crippen LogP contribution is 2.28. The normalized spacial score (nSPS) is 10.4. The van der Waals surface area contributed by atoms with E-state index >= 15 is 0 Å². The zero-order valence-corrected chi connectivity index (χ0v) is 13.8. The fraction of sp³-hybridized carbons (Fsp3) is 0.158. The Kier molecular flexibility index (Phi) is 6.14. The number of ether oxygens (including phenoxy) is 2. The van der Waals surface area contributed by atoms with Crippen molar-refractivity contribution in [3.63, 3.8) is 0 Å². The number of hydrogen-bond donors (Lipinski definition) is 1. The fourth-order valence-electron chi connectivity index (χ4n) is 1.94. The summed E-state index contributed by atoms with van der Waals surface area (Å²) in [5.41, 5.74) is 1.86. The molecule has 0 fully saturated rings. The number of anilines is 1. The number of nitrogens with zero attached hydrogens (tertiary/aromatic N) is 1. The molecule has 24 heavy (non-hydrogen) atoms. The molecule has 0 saturated heterocycles. The predicted octanol–water partition coefficient (Wildman–Crippen LogP) is 3.62. The lowest BCUT2D eigenvalue weighted by Gasteiger charge is -2.09. The average Bonchev–Trinajstić information content (AvgIpc) is 2.60. The molecule has 0 aliphatic rings. The molecule has 0 aliphatic carbocycles. The summed E-state index contributed by atoms with van der Waals surface area (Å²) in [7, 11) is 1.57. The molecule has 0 radical (unpaired) electrons. The molecule has 0 saturated carbocycles. The second-order valence-electron chi connectivity index (χ2n) is 5.05. The van der Waals surface area contributed by atoms with Crippen molar-refractivity contribution in [3.8, 4) is 11.5 Å². The van der Waals surface area contributed by atoms with E-state index in [9.17, 15) is 4.79 Å². The Morgan fingerprint density at radius 3 is 2.79 bits per heavy atom. The fourth-order valence-corrected chi connectivity index (χ4v) is 1.94. The van der Waals surface area contributed by atoms with Gasteiger partial charge in [0, 0.05) is 12.3 Å². The molecule has 1 N–H and O–H groups in total. The van der Waals surface area contributed by atoms with E-state index in [0.29, 0.717) is 23.9 Å². The first-order chi connectivity index (χ1) is 11.6. The summed E-state index contributed by atoms with van der Waals surface area (Å²) in [6.07, 6.45) is 6.51. The Morgan fingerprint density at radius 1 is 1.29 bits per heavy atom. The largest absolute Gasteiger partial charge is 0.493 e. The summed E-state index contributed by atoms with van der Waals surface area (Å²) in [5, 5.41) is 2.70. The summed E-state index contributed by atoms with van der Waals surface area (Å²) in [6, 6.07) is 9.08. The number of carbonyl (C=O) groups is 1. The summed E-state index contributed by atoms with van der Waals surface area (Å²) in [6.45, 7) is 5.95. The number of hydrogen-bond acceptors (Lipinski definition) is 4. The quantitative estimate of drug-likeness (QED) is 0.624. The summed E-state index contributed by atoms with van der Waals surface area (Å²) in [4.78, 5) is 16.1. The summed E-state index contributed by atoms with van der Waals surface area (Å²) >= 11 is 0. The number of nitrogens with one attached hydrogen (secondary N) is 1. The topological polar surface area (TPSA) is 60.5 Å². The van der Waals surface area contributed by atoms with E-state index in [4.69, 9.17) is 9.47 Å². The molecule has 0 spiro atoms. The highest BCUT2D eigenvalue weighted by molar-refractivity contribution is 6.01. The number of aryl methyl sites for hydroxylation is 1. The number of amides is 1. The van der Waals surface area contributed by atoms with Crippen molar-refractivity contribution >= 4 is 17.8 Å². The maximum absolute atomic E-state index is 11.9. The molecule has 1 aromatic carbocycles. The van der Waals surface area contributed by atoms with Gasteiger partial charge in [-0.3, -0.25) is 4.79 Å². The van der Waals surface area contributed by atoms with E-state index < -0.39 is 0 Å². The summed E-state index contributed by atoms with van der Waals surface area (Å²) in [5.74, 6) is 1.49. The van der Waals surface area contributed by atoms with Gasteiger partial charge in [-0.25, -0.2) is 4.98 Å². The van der Waals surface area contributed by atoms with Crippen LogP contribution in [0.1, 0.15) is 11.1 Å². The van der Waals surface area contributed by atoms with Crippen molar-refractivity contribution in [3.05, 3.63) is 66.4 Å². The Morgan fingerprint density at radius 2 is 2.12 bits per heavy atom. The first-order valence-electron chi connectivity index (χ1n) is 7.46. The van der Waals surface area contributed by atoms with Crippen molar-refractivity contribution in [2.24, 2.45) is 0 Å². The number of aromatic nitrogens is 1. The minimum atomic E-state index is -0.252. The van der Waals surface area contributed by atoms with Crippen molar-refractivity contribution in [2.75, 3.05) is 19.0 Å². The van der Waals surface area contributed by atoms with E-state index in [2.05, 4.69) is 16.9 Å². The van der Waals surface area contributed by atoms with Crippen LogP contribution in [0.25, 0.3) is 6.08 Å². The Balaban J connectivity index is 2.03. The van der Waals surface area contributed by atoms with Crippen LogP contribution in [-0.2, 0) is 4.79 Å². The zero-order chi connectivity index (χ0) is 17.4. The van der Waals surface area contributed by atoms with Crippen LogP contribution in [-0.4, -0.2) is 24.6 Å². The number of rotatable bonds is 7. The van der Waals surface area contributed by atoms with Gasteiger partial charge in [-0.05, 0) is 42.3 Å². The first kappa shape index (κ1) is 17.3. The smallest absolute Gasteiger partial charge is 0.249 e. The van der Waals surface area contributed by atoms with Crippen LogP contribution in [0.4, 0.5) is 5.82 Å². The van der Waals surface area contributed by atoms with Crippen LogP contribution in [0.15, 0.2) is 55.3 Å². The maximum atomic E-state index is 11.9. The molecule has 2 rings (SSSR count). The third-order valence-electron chi connectivity index (χ3n) is 3.13. The van der Waals surface area contributed by atoms with Crippen LogP contribution >= 0.6 is 0 Å². The van der Waals surface area contributed by atoms with Gasteiger partial charge >= 0.3 is 0 Å². The molecule has 0 aliphatic heterocycles. The SMILES string of the molecule is C=CCOc1ccc(/C=C/C(=O)Nc2ccc(C)cn2)cc1OC. The number of methoxy groups -OCH3 is 1. The van der Waals surface area contributed by atoms with Gasteiger partial charge in [0.2, 0.25) is 5.91 Å². The van der Waals surface area contributed by atoms with Crippen LogP contribution in [0.5, 0.6) is 11.5 Å². The van der Waals surface area contributed by atoms with E-state index in [-0.39, 0.29) is 5.91 Å². The Labute approximate surface area is 141 Å². The van der Waals surface area contributed by atoms with Gasteiger partial charge in [0.15, 0.2) is 11.5 Å². The summed E-state index contributed by atoms with van der Waals surface area (Å²) < 4.78 is 10.8. The number of carbonyl (C=O) groups excluding carboxylic acids is 1. The molecule has 0 bridgehead atoms. The van der Waals surface area contributed by atoms with E-state index in [1.165, 1.54) is 6.08 Å². The van der Waals surface area contributed by atoms with E-state index in [1.807, 2.05) is 19.1 Å². The first-order valence-corrected chi connectivity index (χ1v) is 7.46. The third kappa shape index (κ3) is 4.98. The molecular weight excluding hydrogens is 304 g/mol. The molecule has 0 atom stereocenters. The average molecular weight is 324 g/mol. The lowest BCUT2D eigenvalue weighted by molar-refractivity contribution is -0.111. The molecular formula is C19H20N2O3. The van der Waals surface area contributed by atoms with Gasteiger partial charge in [0.05, 0.1) is 7.11 Å². The molecule has 1 heterocycles. The van der Waals surface area contributed by atoms with Crippen LogP contribution < -0.4 is 14.8 Å².